The van der Waals surface area contributed by atoms with E-state index in [2.05, 4.69) is 12.1 Å². The summed E-state index contributed by atoms with van der Waals surface area (Å²) in [6, 6.07) is 8.04. The van der Waals surface area contributed by atoms with Crippen molar-refractivity contribution in [3.8, 4) is 0 Å². The number of nitrogen functional groups attached to an aromatic ring is 1. The van der Waals surface area contributed by atoms with Crippen LogP contribution in [0.2, 0.25) is 0 Å². The predicted octanol–water partition coefficient (Wildman–Crippen LogP) is 1.45. The molecule has 3 nitrogen and oxygen atoms in total. The van der Waals surface area contributed by atoms with Gasteiger partial charge in [-0.1, -0.05) is 12.1 Å². The zero-order chi connectivity index (χ0) is 9.80. The second kappa shape index (κ2) is 4.44. The molecule has 1 fully saturated rings. The Balaban J connectivity index is 1.82. The summed E-state index contributed by atoms with van der Waals surface area (Å²) in [5.74, 6) is 0. The molecule has 0 aliphatic carbocycles. The second-order valence-electron chi connectivity index (χ2n) is 3.61. The van der Waals surface area contributed by atoms with Gasteiger partial charge < -0.3 is 5.73 Å². The minimum atomic E-state index is 0.825. The van der Waals surface area contributed by atoms with E-state index in [-0.39, 0.29) is 0 Å². The van der Waals surface area contributed by atoms with Gasteiger partial charge in [0.1, 0.15) is 0 Å². The number of nitrogens with two attached hydrogens (primary N) is 1. The highest BCUT2D eigenvalue weighted by atomic mass is 16.7. The molecule has 1 aromatic carbocycles. The van der Waals surface area contributed by atoms with Crippen LogP contribution in [0.5, 0.6) is 0 Å². The number of hydroxylamine groups is 2. The van der Waals surface area contributed by atoms with Gasteiger partial charge in [-0.25, -0.2) is 0 Å². The van der Waals surface area contributed by atoms with E-state index >= 15 is 0 Å². The molecule has 0 spiro atoms. The smallest absolute Gasteiger partial charge is 0.0698 e. The maximum atomic E-state index is 5.61. The van der Waals surface area contributed by atoms with E-state index in [1.807, 2.05) is 17.2 Å². The first kappa shape index (κ1) is 9.49. The Kier molecular flexibility index (Phi) is 3.01. The van der Waals surface area contributed by atoms with Crippen molar-refractivity contribution in [1.29, 1.82) is 0 Å². The van der Waals surface area contributed by atoms with Crippen LogP contribution < -0.4 is 5.73 Å². The van der Waals surface area contributed by atoms with Crippen LogP contribution in [0.15, 0.2) is 24.3 Å². The van der Waals surface area contributed by atoms with Crippen molar-refractivity contribution in [1.82, 2.24) is 5.06 Å². The van der Waals surface area contributed by atoms with Crippen molar-refractivity contribution in [2.24, 2.45) is 0 Å². The fraction of sp³-hybridized carbons (Fsp3) is 0.455. The summed E-state index contributed by atoms with van der Waals surface area (Å²) < 4.78 is 0. The van der Waals surface area contributed by atoms with E-state index in [1.54, 1.807) is 0 Å². The third-order valence-corrected chi connectivity index (χ3v) is 2.46. The highest BCUT2D eigenvalue weighted by molar-refractivity contribution is 5.39. The quantitative estimate of drug-likeness (QED) is 0.737. The topological polar surface area (TPSA) is 38.5 Å². The van der Waals surface area contributed by atoms with Crippen molar-refractivity contribution in [3.63, 3.8) is 0 Å². The lowest BCUT2D eigenvalue weighted by Crippen LogP contribution is -2.20. The summed E-state index contributed by atoms with van der Waals surface area (Å²) in [4.78, 5) is 5.41. The molecule has 0 atom stereocenters. The van der Waals surface area contributed by atoms with E-state index < -0.39 is 0 Å². The highest BCUT2D eigenvalue weighted by Gasteiger charge is 2.11. The van der Waals surface area contributed by atoms with Crippen LogP contribution in [0, 0.1) is 0 Å². The molecule has 0 saturated carbocycles. The SMILES string of the molecule is Nc1ccc(CCN2CCCO2)cc1. The Labute approximate surface area is 84.4 Å². The molecule has 0 radical (unpaired) electrons. The lowest BCUT2D eigenvalue weighted by Gasteiger charge is -2.12. The molecule has 14 heavy (non-hydrogen) atoms. The standard InChI is InChI=1S/C11H16N2O/c12-11-4-2-10(3-5-11)6-8-13-7-1-9-14-13/h2-5H,1,6-9,12H2. The van der Waals surface area contributed by atoms with Gasteiger partial charge in [0.15, 0.2) is 0 Å². The molecule has 0 aromatic heterocycles. The van der Waals surface area contributed by atoms with Crippen LogP contribution in [0.25, 0.3) is 0 Å². The fourth-order valence-corrected chi connectivity index (χ4v) is 1.61. The molecule has 0 bridgehead atoms. The summed E-state index contributed by atoms with van der Waals surface area (Å²) in [6.07, 6.45) is 2.18. The zero-order valence-corrected chi connectivity index (χ0v) is 8.28. The summed E-state index contributed by atoms with van der Waals surface area (Å²) in [7, 11) is 0. The van der Waals surface area contributed by atoms with Gasteiger partial charge in [-0.15, -0.1) is 0 Å². The number of rotatable bonds is 3. The Morgan fingerprint density at radius 2 is 2.07 bits per heavy atom. The van der Waals surface area contributed by atoms with Crippen LogP contribution in [-0.4, -0.2) is 24.8 Å². The van der Waals surface area contributed by atoms with E-state index in [0.29, 0.717) is 0 Å². The van der Waals surface area contributed by atoms with E-state index in [0.717, 1.165) is 38.2 Å². The maximum absolute atomic E-state index is 5.61. The summed E-state index contributed by atoms with van der Waals surface area (Å²) in [6.45, 7) is 2.92. The molecule has 2 N–H and O–H groups in total. The van der Waals surface area contributed by atoms with E-state index in [1.165, 1.54) is 5.56 Å². The monoisotopic (exact) mass is 192 g/mol. The number of hydrogen-bond donors (Lipinski definition) is 1. The molecular formula is C11H16N2O. The minimum Gasteiger partial charge on any atom is -0.399 e. The summed E-state index contributed by atoms with van der Waals surface area (Å²) in [5.41, 5.74) is 7.75. The molecule has 1 heterocycles. The normalized spacial score (nSPS) is 17.4. The van der Waals surface area contributed by atoms with Gasteiger partial charge in [0.25, 0.3) is 0 Å². The summed E-state index contributed by atoms with van der Waals surface area (Å²) >= 11 is 0. The average Bonchev–Trinajstić information content (AvgIpc) is 2.70. The molecule has 2 rings (SSSR count). The van der Waals surface area contributed by atoms with Gasteiger partial charge in [-0.05, 0) is 30.5 Å². The molecule has 3 heteroatoms. The van der Waals surface area contributed by atoms with Crippen molar-refractivity contribution < 1.29 is 4.84 Å². The first-order valence-corrected chi connectivity index (χ1v) is 5.07. The second-order valence-corrected chi connectivity index (χ2v) is 3.61. The van der Waals surface area contributed by atoms with Gasteiger partial charge in [0, 0.05) is 18.8 Å². The largest absolute Gasteiger partial charge is 0.399 e. The first-order chi connectivity index (χ1) is 6.84. The van der Waals surface area contributed by atoms with Gasteiger partial charge in [-0.3, -0.25) is 4.84 Å². The van der Waals surface area contributed by atoms with Crippen LogP contribution in [0.3, 0.4) is 0 Å². The predicted molar refractivity (Wildman–Crippen MR) is 56.7 cm³/mol. The average molecular weight is 192 g/mol. The van der Waals surface area contributed by atoms with E-state index in [4.69, 9.17) is 10.6 Å². The Morgan fingerprint density at radius 3 is 2.71 bits per heavy atom. The lowest BCUT2D eigenvalue weighted by molar-refractivity contribution is -0.108. The first-order valence-electron chi connectivity index (χ1n) is 5.07. The molecule has 1 aliphatic heterocycles. The Morgan fingerprint density at radius 1 is 1.29 bits per heavy atom. The van der Waals surface area contributed by atoms with E-state index in [9.17, 15) is 0 Å². The zero-order valence-electron chi connectivity index (χ0n) is 8.28. The van der Waals surface area contributed by atoms with Gasteiger partial charge in [0.05, 0.1) is 6.61 Å². The van der Waals surface area contributed by atoms with Crippen LogP contribution in [0.4, 0.5) is 5.69 Å². The van der Waals surface area contributed by atoms with Crippen molar-refractivity contribution in [3.05, 3.63) is 29.8 Å². The third-order valence-electron chi connectivity index (χ3n) is 2.46. The van der Waals surface area contributed by atoms with Gasteiger partial charge in [-0.2, -0.15) is 5.06 Å². The van der Waals surface area contributed by atoms with Crippen LogP contribution in [-0.2, 0) is 11.3 Å². The molecule has 1 aromatic rings. The fourth-order valence-electron chi connectivity index (χ4n) is 1.61. The van der Waals surface area contributed by atoms with Gasteiger partial charge in [0.2, 0.25) is 0 Å². The Hall–Kier alpha value is -1.06. The van der Waals surface area contributed by atoms with Gasteiger partial charge >= 0.3 is 0 Å². The summed E-state index contributed by atoms with van der Waals surface area (Å²) in [5, 5.41) is 2.04. The minimum absolute atomic E-state index is 0.825. The number of hydrogen-bond acceptors (Lipinski definition) is 3. The lowest BCUT2D eigenvalue weighted by atomic mass is 10.1. The van der Waals surface area contributed by atoms with Crippen molar-refractivity contribution >= 4 is 5.69 Å². The Bertz CT molecular complexity index is 278. The molecular weight excluding hydrogens is 176 g/mol. The van der Waals surface area contributed by atoms with Crippen molar-refractivity contribution in [2.75, 3.05) is 25.4 Å². The molecule has 0 unspecified atom stereocenters. The molecule has 76 valence electrons. The molecule has 0 amide bonds. The van der Waals surface area contributed by atoms with Crippen molar-refractivity contribution in [2.45, 2.75) is 12.8 Å². The third kappa shape index (κ3) is 2.47. The van der Waals surface area contributed by atoms with Crippen LogP contribution in [0.1, 0.15) is 12.0 Å². The molecule has 1 aliphatic rings. The maximum Gasteiger partial charge on any atom is 0.0698 e. The highest BCUT2D eigenvalue weighted by Crippen LogP contribution is 2.09. The number of anilines is 1. The van der Waals surface area contributed by atoms with Crippen LogP contribution >= 0.6 is 0 Å². The number of nitrogens with zero attached hydrogens (tertiary/aromatic N) is 1. The number of benzene rings is 1. The molecule has 1 saturated heterocycles.